The molecule has 0 nitrogen and oxygen atoms in total. The van der Waals surface area contributed by atoms with Crippen molar-refractivity contribution in [2.45, 2.75) is 0 Å². The van der Waals surface area contributed by atoms with Crippen LogP contribution in [0.1, 0.15) is 0 Å². The summed E-state index contributed by atoms with van der Waals surface area (Å²) in [6, 6.07) is 89.9. The minimum absolute atomic E-state index is 1.21. The minimum atomic E-state index is 1.21. The Hall–Kier alpha value is -8.32. The van der Waals surface area contributed by atoms with Gasteiger partial charge in [-0.15, -0.1) is 0 Å². The third-order valence-electron chi connectivity index (χ3n) is 13.6. The van der Waals surface area contributed by atoms with Gasteiger partial charge in [-0.05, 0) is 161 Å². The number of benzene rings is 13. The standard InChI is InChI=1S/C64H40/c1-2-15-44(16-3-1)61-53-18-6-8-20-55(53)63(56-21-9-7-19-54(56)61)49-34-29-42-26-31-46(37-51(42)39-49)47-32-27-43-30-35-50(40-52(43)38-47)64-59-24-12-10-22-57(59)62(58-23-11-13-25-60(58)64)48-33-28-41-14-4-5-17-45(41)36-48/h1-40H. The van der Waals surface area contributed by atoms with Crippen LogP contribution in [-0.2, 0) is 0 Å². The van der Waals surface area contributed by atoms with E-state index in [-0.39, 0.29) is 0 Å². The van der Waals surface area contributed by atoms with Crippen molar-refractivity contribution in [3.63, 3.8) is 0 Å². The first-order chi connectivity index (χ1) is 31.7. The van der Waals surface area contributed by atoms with Gasteiger partial charge in [0.2, 0.25) is 0 Å². The Morgan fingerprint density at radius 2 is 0.391 bits per heavy atom. The molecule has 0 fully saturated rings. The van der Waals surface area contributed by atoms with Crippen LogP contribution in [0, 0.1) is 0 Å². The summed E-state index contributed by atoms with van der Waals surface area (Å²) in [6.07, 6.45) is 0. The van der Waals surface area contributed by atoms with Crippen LogP contribution in [0.15, 0.2) is 243 Å². The fraction of sp³-hybridized carbons (Fsp3) is 0. The van der Waals surface area contributed by atoms with E-state index in [9.17, 15) is 0 Å². The van der Waals surface area contributed by atoms with Crippen molar-refractivity contribution in [2.24, 2.45) is 0 Å². The molecule has 13 aromatic rings. The smallest absolute Gasteiger partial charge is 0.00262 e. The largest absolute Gasteiger partial charge is 0.0622 e. The zero-order valence-electron chi connectivity index (χ0n) is 35.1. The van der Waals surface area contributed by atoms with E-state index in [2.05, 4.69) is 243 Å². The molecule has 0 aromatic heterocycles. The van der Waals surface area contributed by atoms with E-state index in [1.165, 1.54) is 131 Å². The first-order valence-electron chi connectivity index (χ1n) is 22.2. The SMILES string of the molecule is c1ccc(-c2c3ccccc3c(-c3ccc4ccc(-c5ccc6ccc(-c7c8ccccc8c(-c8ccc9ccccc9c8)c8ccccc78)cc6c5)cc4c3)c3ccccc23)cc1. The topological polar surface area (TPSA) is 0 Å². The molecule has 0 radical (unpaired) electrons. The van der Waals surface area contributed by atoms with Crippen LogP contribution in [0.25, 0.3) is 131 Å². The summed E-state index contributed by atoms with van der Waals surface area (Å²) in [5.41, 5.74) is 12.5. The highest BCUT2D eigenvalue weighted by atomic mass is 14.2. The van der Waals surface area contributed by atoms with Crippen LogP contribution in [0.3, 0.4) is 0 Å². The molecule has 0 unspecified atom stereocenters. The summed E-state index contributed by atoms with van der Waals surface area (Å²) in [7, 11) is 0. The molecule has 0 bridgehead atoms. The van der Waals surface area contributed by atoms with Gasteiger partial charge in [-0.25, -0.2) is 0 Å². The Bertz CT molecular complexity index is 3890. The Kier molecular flexibility index (Phi) is 8.32. The first kappa shape index (κ1) is 36.3. The van der Waals surface area contributed by atoms with E-state index in [0.29, 0.717) is 0 Å². The van der Waals surface area contributed by atoms with Gasteiger partial charge in [0.1, 0.15) is 0 Å². The Morgan fingerprint density at radius 3 is 0.766 bits per heavy atom. The van der Waals surface area contributed by atoms with Gasteiger partial charge in [-0.1, -0.05) is 212 Å². The van der Waals surface area contributed by atoms with E-state index >= 15 is 0 Å². The fourth-order valence-corrected chi connectivity index (χ4v) is 10.6. The van der Waals surface area contributed by atoms with Crippen molar-refractivity contribution in [1.29, 1.82) is 0 Å². The van der Waals surface area contributed by atoms with Crippen molar-refractivity contribution in [3.05, 3.63) is 243 Å². The number of hydrogen-bond acceptors (Lipinski definition) is 0. The summed E-state index contributed by atoms with van der Waals surface area (Å²) in [5.74, 6) is 0. The van der Waals surface area contributed by atoms with Gasteiger partial charge in [0.05, 0.1) is 0 Å². The van der Waals surface area contributed by atoms with Gasteiger partial charge < -0.3 is 0 Å². The Balaban J connectivity index is 0.941. The lowest BCUT2D eigenvalue weighted by molar-refractivity contribution is 1.65. The second-order valence-electron chi connectivity index (χ2n) is 17.2. The molecule has 0 saturated heterocycles. The van der Waals surface area contributed by atoms with Gasteiger partial charge in [0, 0.05) is 0 Å². The summed E-state index contributed by atoms with van der Waals surface area (Å²) in [4.78, 5) is 0. The lowest BCUT2D eigenvalue weighted by Crippen LogP contribution is -1.91. The van der Waals surface area contributed by atoms with Crippen molar-refractivity contribution in [3.8, 4) is 55.6 Å². The lowest BCUT2D eigenvalue weighted by atomic mass is 9.85. The highest BCUT2D eigenvalue weighted by Crippen LogP contribution is 2.46. The van der Waals surface area contributed by atoms with Gasteiger partial charge >= 0.3 is 0 Å². The molecule has 0 aliphatic carbocycles. The fourth-order valence-electron chi connectivity index (χ4n) is 10.6. The molecule has 13 rings (SSSR count). The molecule has 13 aromatic carbocycles. The zero-order valence-corrected chi connectivity index (χ0v) is 35.1. The van der Waals surface area contributed by atoms with Crippen molar-refractivity contribution in [2.75, 3.05) is 0 Å². The average Bonchev–Trinajstić information content (AvgIpc) is 3.36. The number of fused-ring (bicyclic) bond motifs is 7. The Morgan fingerprint density at radius 1 is 0.141 bits per heavy atom. The van der Waals surface area contributed by atoms with Crippen molar-refractivity contribution in [1.82, 2.24) is 0 Å². The normalized spacial score (nSPS) is 11.8. The zero-order chi connectivity index (χ0) is 42.1. The second-order valence-corrected chi connectivity index (χ2v) is 17.2. The molecular formula is C64H40. The van der Waals surface area contributed by atoms with Crippen LogP contribution >= 0.6 is 0 Å². The van der Waals surface area contributed by atoms with Crippen molar-refractivity contribution < 1.29 is 0 Å². The van der Waals surface area contributed by atoms with E-state index in [0.717, 1.165) is 0 Å². The summed E-state index contributed by atoms with van der Waals surface area (Å²) >= 11 is 0. The molecule has 0 atom stereocenters. The number of rotatable bonds is 5. The molecule has 0 spiro atoms. The predicted octanol–water partition coefficient (Wildman–Crippen LogP) is 18.1. The maximum atomic E-state index is 2.40. The van der Waals surface area contributed by atoms with E-state index in [1.807, 2.05) is 0 Å². The average molecular weight is 809 g/mol. The molecule has 0 N–H and O–H groups in total. The Labute approximate surface area is 371 Å². The van der Waals surface area contributed by atoms with E-state index in [4.69, 9.17) is 0 Å². The van der Waals surface area contributed by atoms with Crippen molar-refractivity contribution >= 4 is 75.4 Å². The second kappa shape index (κ2) is 14.7. The van der Waals surface area contributed by atoms with Crippen LogP contribution in [0.4, 0.5) is 0 Å². The summed E-state index contributed by atoms with van der Waals surface area (Å²) < 4.78 is 0. The van der Waals surface area contributed by atoms with Crippen LogP contribution in [0.5, 0.6) is 0 Å². The third-order valence-corrected chi connectivity index (χ3v) is 13.6. The van der Waals surface area contributed by atoms with Gasteiger partial charge in [0.15, 0.2) is 0 Å². The quantitative estimate of drug-likeness (QED) is 0.152. The molecule has 0 saturated carbocycles. The van der Waals surface area contributed by atoms with Gasteiger partial charge in [-0.3, -0.25) is 0 Å². The van der Waals surface area contributed by atoms with Crippen LogP contribution in [0.2, 0.25) is 0 Å². The predicted molar refractivity (Wildman–Crippen MR) is 276 cm³/mol. The molecular weight excluding hydrogens is 769 g/mol. The van der Waals surface area contributed by atoms with Gasteiger partial charge in [-0.2, -0.15) is 0 Å². The highest BCUT2D eigenvalue weighted by molar-refractivity contribution is 6.23. The molecule has 0 aliphatic rings. The molecule has 0 amide bonds. The summed E-state index contributed by atoms with van der Waals surface area (Å²) in [5, 5.41) is 17.6. The van der Waals surface area contributed by atoms with E-state index in [1.54, 1.807) is 0 Å². The highest BCUT2D eigenvalue weighted by Gasteiger charge is 2.19. The van der Waals surface area contributed by atoms with Gasteiger partial charge in [0.25, 0.3) is 0 Å². The maximum Gasteiger partial charge on any atom is -0.00262 e. The maximum absolute atomic E-state index is 2.40. The van der Waals surface area contributed by atoms with Crippen LogP contribution in [-0.4, -0.2) is 0 Å². The lowest BCUT2D eigenvalue weighted by Gasteiger charge is -2.18. The summed E-state index contributed by atoms with van der Waals surface area (Å²) in [6.45, 7) is 0. The molecule has 0 aliphatic heterocycles. The first-order valence-corrected chi connectivity index (χ1v) is 22.2. The van der Waals surface area contributed by atoms with E-state index < -0.39 is 0 Å². The molecule has 0 heteroatoms. The number of hydrogen-bond donors (Lipinski definition) is 0. The third kappa shape index (κ3) is 5.84. The monoisotopic (exact) mass is 808 g/mol. The molecule has 0 heterocycles. The molecule has 64 heavy (non-hydrogen) atoms. The molecule has 296 valence electrons. The van der Waals surface area contributed by atoms with Crippen LogP contribution < -0.4 is 0 Å². The minimum Gasteiger partial charge on any atom is -0.0622 e.